The van der Waals surface area contributed by atoms with Gasteiger partial charge in [-0.2, -0.15) is 0 Å². The number of fused-ring (bicyclic) bond motifs is 1. The standard InChI is InChI=1S/C32H27FN4O4S/c1-18-16-20(17-23-28(38)35-32(41)37(30(23)40)25-14-8-7-13-24(25)33)19(2)36(18)31-27(22-12-6-9-15-26(22)42-31)29(39)34-21-10-4-3-5-11-21/h3-5,7-8,10-11,13-14,16-17H,6,9,12,15H2,1-2H3,(H,34,39)(H,35,38,41)/b23-17+. The summed E-state index contributed by atoms with van der Waals surface area (Å²) < 4.78 is 16.5. The lowest BCUT2D eigenvalue weighted by Gasteiger charge is -2.26. The van der Waals surface area contributed by atoms with E-state index in [0.717, 1.165) is 48.0 Å². The van der Waals surface area contributed by atoms with Crippen molar-refractivity contribution in [2.75, 3.05) is 10.2 Å². The van der Waals surface area contributed by atoms with Gasteiger partial charge in [0.25, 0.3) is 17.7 Å². The molecule has 3 heterocycles. The second-order valence-corrected chi connectivity index (χ2v) is 11.4. The smallest absolute Gasteiger partial charge is 0.322 e. The summed E-state index contributed by atoms with van der Waals surface area (Å²) in [6.45, 7) is 3.74. The molecule has 5 amide bonds. The third-order valence-electron chi connectivity index (χ3n) is 7.58. The largest absolute Gasteiger partial charge is 0.336 e. The zero-order chi connectivity index (χ0) is 29.5. The molecule has 8 nitrogen and oxygen atoms in total. The SMILES string of the molecule is Cc1cc(/C=C2\C(=O)NC(=O)N(c3ccccc3F)C2=O)c(C)n1-c1sc2c(c1C(=O)Nc1ccccc1)CCCC2. The van der Waals surface area contributed by atoms with E-state index < -0.39 is 23.7 Å². The van der Waals surface area contributed by atoms with Gasteiger partial charge in [-0.15, -0.1) is 11.3 Å². The molecule has 0 spiro atoms. The highest BCUT2D eigenvalue weighted by Gasteiger charge is 2.38. The summed E-state index contributed by atoms with van der Waals surface area (Å²) in [5.41, 5.74) is 3.92. The van der Waals surface area contributed by atoms with Gasteiger partial charge >= 0.3 is 6.03 Å². The van der Waals surface area contributed by atoms with Crippen LogP contribution < -0.4 is 15.5 Å². The minimum Gasteiger partial charge on any atom is -0.322 e. The van der Waals surface area contributed by atoms with Gasteiger partial charge in [0, 0.05) is 22.0 Å². The van der Waals surface area contributed by atoms with Crippen molar-refractivity contribution in [3.05, 3.63) is 105 Å². The Labute approximate surface area is 245 Å². The molecule has 2 aromatic heterocycles. The lowest BCUT2D eigenvalue weighted by atomic mass is 9.95. The van der Waals surface area contributed by atoms with Gasteiger partial charge < -0.3 is 9.88 Å². The van der Waals surface area contributed by atoms with Gasteiger partial charge in [-0.3, -0.25) is 19.7 Å². The van der Waals surface area contributed by atoms with E-state index in [9.17, 15) is 23.6 Å². The number of nitrogens with one attached hydrogen (secondary N) is 2. The van der Waals surface area contributed by atoms with E-state index in [1.807, 2.05) is 54.8 Å². The van der Waals surface area contributed by atoms with Crippen molar-refractivity contribution < 1.29 is 23.6 Å². The van der Waals surface area contributed by atoms with Crippen molar-refractivity contribution in [1.82, 2.24) is 9.88 Å². The molecule has 6 rings (SSSR count). The van der Waals surface area contributed by atoms with Crippen LogP contribution in [0, 0.1) is 19.7 Å². The lowest BCUT2D eigenvalue weighted by molar-refractivity contribution is -0.122. The van der Waals surface area contributed by atoms with Crippen LogP contribution in [-0.2, 0) is 22.4 Å². The number of carbonyl (C=O) groups excluding carboxylic acids is 4. The second kappa shape index (κ2) is 10.9. The quantitative estimate of drug-likeness (QED) is 0.220. The number of hydrogen-bond acceptors (Lipinski definition) is 5. The van der Waals surface area contributed by atoms with Crippen LogP contribution in [0.1, 0.15) is 50.6 Å². The Morgan fingerprint density at radius 2 is 1.71 bits per heavy atom. The Hall–Kier alpha value is -4.83. The molecule has 0 saturated carbocycles. The number of para-hydroxylation sites is 2. The van der Waals surface area contributed by atoms with Gasteiger partial charge in [0.1, 0.15) is 16.4 Å². The fraction of sp³-hybridized carbons (Fsp3) is 0.188. The molecule has 0 bridgehead atoms. The third kappa shape index (κ3) is 4.73. The molecule has 0 radical (unpaired) electrons. The zero-order valence-electron chi connectivity index (χ0n) is 23.0. The fourth-order valence-corrected chi connectivity index (χ4v) is 7.07. The minimum atomic E-state index is -1.02. The molecule has 4 aromatic rings. The predicted octanol–water partition coefficient (Wildman–Crippen LogP) is 6.09. The summed E-state index contributed by atoms with van der Waals surface area (Å²) in [7, 11) is 0. The van der Waals surface area contributed by atoms with Gasteiger partial charge in [0.05, 0.1) is 11.3 Å². The number of nitrogens with zero attached hydrogens (tertiary/aromatic N) is 2. The average molecular weight is 583 g/mol. The average Bonchev–Trinajstić information content (AvgIpc) is 3.48. The predicted molar refractivity (Wildman–Crippen MR) is 160 cm³/mol. The molecule has 1 aliphatic heterocycles. The third-order valence-corrected chi connectivity index (χ3v) is 8.86. The molecule has 0 unspecified atom stereocenters. The Morgan fingerprint density at radius 1 is 1.00 bits per heavy atom. The Bertz CT molecular complexity index is 1800. The summed E-state index contributed by atoms with van der Waals surface area (Å²) >= 11 is 1.58. The number of thiophene rings is 1. The molecule has 1 fully saturated rings. The number of rotatable bonds is 5. The number of carbonyl (C=O) groups is 4. The molecule has 2 aromatic carbocycles. The number of barbiturate groups is 1. The van der Waals surface area contributed by atoms with Gasteiger partial charge in [-0.1, -0.05) is 30.3 Å². The number of imide groups is 2. The van der Waals surface area contributed by atoms with Crippen molar-refractivity contribution in [2.45, 2.75) is 39.5 Å². The maximum absolute atomic E-state index is 14.5. The first kappa shape index (κ1) is 27.3. The van der Waals surface area contributed by atoms with Crippen LogP contribution in [0.3, 0.4) is 0 Å². The minimum absolute atomic E-state index is 0.191. The molecule has 0 atom stereocenters. The highest BCUT2D eigenvalue weighted by Crippen LogP contribution is 2.39. The molecule has 2 aliphatic rings. The normalized spacial score (nSPS) is 16.0. The van der Waals surface area contributed by atoms with E-state index in [4.69, 9.17) is 0 Å². The number of benzene rings is 2. The number of amides is 5. The van der Waals surface area contributed by atoms with E-state index in [0.29, 0.717) is 27.4 Å². The summed E-state index contributed by atoms with van der Waals surface area (Å²) in [5, 5.41) is 5.95. The molecule has 212 valence electrons. The number of halogens is 1. The van der Waals surface area contributed by atoms with Gasteiger partial charge in [-0.25, -0.2) is 14.1 Å². The zero-order valence-corrected chi connectivity index (χ0v) is 23.8. The molecular formula is C32H27FN4O4S. The van der Waals surface area contributed by atoms with Crippen LogP contribution >= 0.6 is 11.3 Å². The highest BCUT2D eigenvalue weighted by atomic mass is 32.1. The van der Waals surface area contributed by atoms with E-state index >= 15 is 0 Å². The van der Waals surface area contributed by atoms with Crippen LogP contribution in [0.4, 0.5) is 20.6 Å². The molecule has 1 aliphatic carbocycles. The van der Waals surface area contributed by atoms with Crippen LogP contribution in [0.25, 0.3) is 11.1 Å². The highest BCUT2D eigenvalue weighted by molar-refractivity contribution is 7.15. The van der Waals surface area contributed by atoms with Crippen molar-refractivity contribution in [3.8, 4) is 5.00 Å². The summed E-state index contributed by atoms with van der Waals surface area (Å²) in [5.74, 6) is -2.75. The molecule has 1 saturated heterocycles. The maximum atomic E-state index is 14.5. The van der Waals surface area contributed by atoms with Crippen molar-refractivity contribution >= 4 is 52.5 Å². The maximum Gasteiger partial charge on any atom is 0.336 e. The molecule has 42 heavy (non-hydrogen) atoms. The van der Waals surface area contributed by atoms with Crippen LogP contribution in [-0.4, -0.2) is 28.3 Å². The molecule has 10 heteroatoms. The van der Waals surface area contributed by atoms with Crippen LogP contribution in [0.5, 0.6) is 0 Å². The number of anilines is 2. The number of aromatic nitrogens is 1. The second-order valence-electron chi connectivity index (χ2n) is 10.3. The molecular weight excluding hydrogens is 555 g/mol. The topological polar surface area (TPSA) is 101 Å². The van der Waals surface area contributed by atoms with Crippen LogP contribution in [0.2, 0.25) is 0 Å². The first-order valence-electron chi connectivity index (χ1n) is 13.6. The number of aryl methyl sites for hydroxylation is 2. The first-order valence-corrected chi connectivity index (χ1v) is 14.4. The van der Waals surface area contributed by atoms with E-state index in [1.165, 1.54) is 29.2 Å². The Morgan fingerprint density at radius 3 is 2.48 bits per heavy atom. The van der Waals surface area contributed by atoms with Gasteiger partial charge in [0.2, 0.25) is 0 Å². The monoisotopic (exact) mass is 582 g/mol. The lowest BCUT2D eigenvalue weighted by Crippen LogP contribution is -2.54. The summed E-state index contributed by atoms with van der Waals surface area (Å²) in [4.78, 5) is 54.2. The Balaban J connectivity index is 1.42. The molecule has 2 N–H and O–H groups in total. The number of hydrogen-bond donors (Lipinski definition) is 2. The van der Waals surface area contributed by atoms with Crippen molar-refractivity contribution in [2.24, 2.45) is 0 Å². The van der Waals surface area contributed by atoms with Crippen LogP contribution in [0.15, 0.2) is 66.2 Å². The van der Waals surface area contributed by atoms with E-state index in [-0.39, 0.29) is 17.2 Å². The Kier molecular flexibility index (Phi) is 7.07. The first-order chi connectivity index (χ1) is 20.2. The van der Waals surface area contributed by atoms with Crippen molar-refractivity contribution in [3.63, 3.8) is 0 Å². The van der Waals surface area contributed by atoms with E-state index in [1.54, 1.807) is 11.3 Å². The van der Waals surface area contributed by atoms with Gasteiger partial charge in [0.15, 0.2) is 0 Å². The summed E-state index contributed by atoms with van der Waals surface area (Å²) in [6, 6.07) is 15.5. The van der Waals surface area contributed by atoms with Crippen molar-refractivity contribution in [1.29, 1.82) is 0 Å². The fourth-order valence-electron chi connectivity index (χ4n) is 5.57. The summed E-state index contributed by atoms with van der Waals surface area (Å²) in [6.07, 6.45) is 5.19. The van der Waals surface area contributed by atoms with E-state index in [2.05, 4.69) is 10.6 Å². The number of urea groups is 1. The van der Waals surface area contributed by atoms with Gasteiger partial charge in [-0.05, 0) is 87.1 Å².